The van der Waals surface area contributed by atoms with Gasteiger partial charge in [0.25, 0.3) is 0 Å². The molecule has 0 saturated heterocycles. The summed E-state index contributed by atoms with van der Waals surface area (Å²) in [7, 11) is 0. The molecule has 0 fully saturated rings. The number of aryl methyl sites for hydroxylation is 1. The van der Waals surface area contributed by atoms with Crippen LogP contribution in [0.3, 0.4) is 0 Å². The number of amides is 1. The van der Waals surface area contributed by atoms with Crippen LogP contribution >= 0.6 is 0 Å². The zero-order valence-corrected chi connectivity index (χ0v) is 17.1. The lowest BCUT2D eigenvalue weighted by atomic mass is 9.92. The molecule has 6 nitrogen and oxygen atoms in total. The molecule has 1 heterocycles. The highest BCUT2D eigenvalue weighted by atomic mass is 16.5. The number of carbonyl (C=O) groups is 2. The molecule has 156 valence electrons. The van der Waals surface area contributed by atoms with E-state index >= 15 is 0 Å². The van der Waals surface area contributed by atoms with Gasteiger partial charge in [-0.2, -0.15) is 0 Å². The minimum absolute atomic E-state index is 0.346. The molecule has 0 bridgehead atoms. The third kappa shape index (κ3) is 3.77. The predicted octanol–water partition coefficient (Wildman–Crippen LogP) is 3.76. The van der Waals surface area contributed by atoms with Crippen molar-refractivity contribution in [1.29, 1.82) is 0 Å². The minimum atomic E-state index is -1.04. The average Bonchev–Trinajstić information content (AvgIpc) is 2.86. The van der Waals surface area contributed by atoms with Gasteiger partial charge in [0.2, 0.25) is 5.91 Å². The Morgan fingerprint density at radius 3 is 2.73 bits per heavy atom. The van der Waals surface area contributed by atoms with Crippen molar-refractivity contribution in [3.63, 3.8) is 0 Å². The lowest BCUT2D eigenvalue weighted by molar-refractivity contribution is -0.139. The average molecular weight is 406 g/mol. The van der Waals surface area contributed by atoms with Crippen LogP contribution in [0.25, 0.3) is 10.9 Å². The molecule has 0 spiro atoms. The number of carboxylic acid groups (broad SMARTS) is 1. The summed E-state index contributed by atoms with van der Waals surface area (Å²) in [5.41, 5.74) is 11.1. The summed E-state index contributed by atoms with van der Waals surface area (Å²) in [6.45, 7) is 2.30. The van der Waals surface area contributed by atoms with Crippen molar-refractivity contribution in [2.75, 3.05) is 6.61 Å². The highest BCUT2D eigenvalue weighted by Crippen LogP contribution is 2.42. The Hall–Kier alpha value is -3.28. The van der Waals surface area contributed by atoms with Crippen LogP contribution in [-0.2, 0) is 22.6 Å². The third-order valence-corrected chi connectivity index (χ3v) is 5.82. The predicted molar refractivity (Wildman–Crippen MR) is 115 cm³/mol. The van der Waals surface area contributed by atoms with Crippen molar-refractivity contribution in [3.8, 4) is 5.75 Å². The first-order valence-electron chi connectivity index (χ1n) is 10.3. The summed E-state index contributed by atoms with van der Waals surface area (Å²) in [6.07, 6.45) is 3.44. The molecule has 4 rings (SSSR count). The number of nitrogens with zero attached hydrogens (tertiary/aromatic N) is 1. The van der Waals surface area contributed by atoms with Crippen LogP contribution in [-0.4, -0.2) is 28.2 Å². The second-order valence-corrected chi connectivity index (χ2v) is 7.97. The number of carbonyl (C=O) groups excluding carboxylic acids is 1. The summed E-state index contributed by atoms with van der Waals surface area (Å²) in [6, 6.07) is 14.0. The Morgan fingerprint density at radius 2 is 2.00 bits per heavy atom. The molecule has 0 aliphatic heterocycles. The largest absolute Gasteiger partial charge is 0.481 e. The number of aliphatic carboxylic acids is 1. The minimum Gasteiger partial charge on any atom is -0.481 e. The Kier molecular flexibility index (Phi) is 5.48. The molecule has 1 unspecified atom stereocenters. The second-order valence-electron chi connectivity index (χ2n) is 7.97. The first kappa shape index (κ1) is 20.0. The SMILES string of the molecule is Cc1cccc(Cn2c3c(c4c(OCC(=O)O)cccc42)C(C(N)=O)CCCC3)c1. The van der Waals surface area contributed by atoms with E-state index in [2.05, 4.69) is 29.7 Å². The van der Waals surface area contributed by atoms with Gasteiger partial charge in [0.05, 0.1) is 11.4 Å². The van der Waals surface area contributed by atoms with Gasteiger partial charge in [-0.05, 0) is 49.4 Å². The molecule has 3 N–H and O–H groups in total. The molecule has 0 saturated carbocycles. The number of hydrogen-bond acceptors (Lipinski definition) is 3. The molecule has 1 aliphatic rings. The van der Waals surface area contributed by atoms with Gasteiger partial charge in [-0.1, -0.05) is 42.3 Å². The van der Waals surface area contributed by atoms with Crippen LogP contribution in [0.4, 0.5) is 0 Å². The molecular weight excluding hydrogens is 380 g/mol. The van der Waals surface area contributed by atoms with Gasteiger partial charge in [0.15, 0.2) is 6.61 Å². The zero-order chi connectivity index (χ0) is 21.3. The van der Waals surface area contributed by atoms with Crippen LogP contribution in [0, 0.1) is 6.92 Å². The molecule has 1 aliphatic carbocycles. The van der Waals surface area contributed by atoms with E-state index in [1.807, 2.05) is 18.2 Å². The summed E-state index contributed by atoms with van der Waals surface area (Å²) in [5, 5.41) is 9.90. The lowest BCUT2D eigenvalue weighted by Gasteiger charge is -2.14. The Balaban J connectivity index is 1.95. The number of aromatic nitrogens is 1. The van der Waals surface area contributed by atoms with Gasteiger partial charge in [0.1, 0.15) is 5.75 Å². The summed E-state index contributed by atoms with van der Waals surface area (Å²) in [5.74, 6) is -1.30. The number of rotatable bonds is 6. The van der Waals surface area contributed by atoms with Crippen LogP contribution < -0.4 is 10.5 Å². The van der Waals surface area contributed by atoms with Gasteiger partial charge in [-0.25, -0.2) is 4.79 Å². The fourth-order valence-electron chi connectivity index (χ4n) is 4.60. The van der Waals surface area contributed by atoms with Crippen molar-refractivity contribution in [3.05, 3.63) is 64.8 Å². The second kappa shape index (κ2) is 8.22. The van der Waals surface area contributed by atoms with Crippen molar-refractivity contribution in [1.82, 2.24) is 4.57 Å². The number of fused-ring (bicyclic) bond motifs is 3. The fraction of sp³-hybridized carbons (Fsp3) is 0.333. The maximum absolute atomic E-state index is 12.4. The Bertz CT molecular complexity index is 1120. The number of ether oxygens (including phenoxy) is 1. The van der Waals surface area contributed by atoms with Crippen LogP contribution in [0.5, 0.6) is 5.75 Å². The number of nitrogens with two attached hydrogens (primary N) is 1. The fourth-order valence-corrected chi connectivity index (χ4v) is 4.60. The van der Waals surface area contributed by atoms with Gasteiger partial charge in [-0.15, -0.1) is 0 Å². The van der Waals surface area contributed by atoms with Crippen LogP contribution in [0.2, 0.25) is 0 Å². The van der Waals surface area contributed by atoms with E-state index in [4.69, 9.17) is 15.6 Å². The molecule has 1 amide bonds. The Labute approximate surface area is 175 Å². The third-order valence-electron chi connectivity index (χ3n) is 5.82. The molecule has 6 heteroatoms. The monoisotopic (exact) mass is 406 g/mol. The topological polar surface area (TPSA) is 94.6 Å². The zero-order valence-electron chi connectivity index (χ0n) is 17.1. The van der Waals surface area contributed by atoms with Crippen molar-refractivity contribution in [2.45, 2.75) is 45.1 Å². The maximum atomic E-state index is 12.4. The number of hydrogen-bond donors (Lipinski definition) is 2. The van der Waals surface area contributed by atoms with Gasteiger partial charge >= 0.3 is 5.97 Å². The van der Waals surface area contributed by atoms with E-state index in [1.165, 1.54) is 11.1 Å². The van der Waals surface area contributed by atoms with E-state index in [0.29, 0.717) is 18.7 Å². The number of primary amides is 1. The smallest absolute Gasteiger partial charge is 0.341 e. The van der Waals surface area contributed by atoms with E-state index in [0.717, 1.165) is 41.4 Å². The number of benzene rings is 2. The maximum Gasteiger partial charge on any atom is 0.341 e. The van der Waals surface area contributed by atoms with E-state index < -0.39 is 18.5 Å². The first-order valence-corrected chi connectivity index (χ1v) is 10.3. The van der Waals surface area contributed by atoms with Crippen molar-refractivity contribution < 1.29 is 19.4 Å². The van der Waals surface area contributed by atoms with Crippen molar-refractivity contribution >= 4 is 22.8 Å². The number of carboxylic acids is 1. The van der Waals surface area contributed by atoms with Gasteiger partial charge in [0, 0.05) is 17.6 Å². The highest BCUT2D eigenvalue weighted by molar-refractivity contribution is 5.97. The standard InChI is InChI=1S/C24H26N2O4/c1-15-6-4-7-16(12-15)13-26-18-9-3-2-8-17(24(25)29)22(18)23-19(26)10-5-11-20(23)30-14-21(27)28/h4-7,10-12,17H,2-3,8-9,13-14H2,1H3,(H2,25,29)(H,27,28). The quantitative estimate of drug-likeness (QED) is 0.610. The summed E-state index contributed by atoms with van der Waals surface area (Å²) < 4.78 is 7.88. The molecular formula is C24H26N2O4. The highest BCUT2D eigenvalue weighted by Gasteiger charge is 2.31. The summed E-state index contributed by atoms with van der Waals surface area (Å²) >= 11 is 0. The summed E-state index contributed by atoms with van der Waals surface area (Å²) in [4.78, 5) is 23.5. The van der Waals surface area contributed by atoms with E-state index in [-0.39, 0.29) is 5.91 Å². The van der Waals surface area contributed by atoms with Crippen molar-refractivity contribution in [2.24, 2.45) is 5.73 Å². The van der Waals surface area contributed by atoms with Crippen LogP contribution in [0.1, 0.15) is 47.6 Å². The van der Waals surface area contributed by atoms with Gasteiger partial charge < -0.3 is 20.1 Å². The molecule has 0 radical (unpaired) electrons. The molecule has 1 atom stereocenters. The molecule has 30 heavy (non-hydrogen) atoms. The molecule has 3 aromatic rings. The van der Waals surface area contributed by atoms with E-state index in [9.17, 15) is 9.59 Å². The molecule has 1 aromatic heterocycles. The van der Waals surface area contributed by atoms with Crippen LogP contribution in [0.15, 0.2) is 42.5 Å². The first-order chi connectivity index (χ1) is 14.5. The Morgan fingerprint density at radius 1 is 1.20 bits per heavy atom. The normalized spacial score (nSPS) is 16.1. The lowest BCUT2D eigenvalue weighted by Crippen LogP contribution is -2.21. The van der Waals surface area contributed by atoms with E-state index in [1.54, 1.807) is 6.07 Å². The van der Waals surface area contributed by atoms with Gasteiger partial charge in [-0.3, -0.25) is 4.79 Å². The molecule has 2 aromatic carbocycles.